The molecule has 1 aliphatic heterocycles. The smallest absolute Gasteiger partial charge is 0.277 e. The summed E-state index contributed by atoms with van der Waals surface area (Å²) in [6.45, 7) is 3.17. The third-order valence-electron chi connectivity index (χ3n) is 4.47. The summed E-state index contributed by atoms with van der Waals surface area (Å²) in [5.74, 6) is 1.16. The highest BCUT2D eigenvalue weighted by Gasteiger charge is 2.26. The number of fused-ring (bicyclic) bond motifs is 1. The van der Waals surface area contributed by atoms with Gasteiger partial charge in [0.15, 0.2) is 0 Å². The van der Waals surface area contributed by atoms with E-state index in [2.05, 4.69) is 21.4 Å². The van der Waals surface area contributed by atoms with E-state index < -0.39 is 0 Å². The Morgan fingerprint density at radius 2 is 1.96 bits per heavy atom. The Kier molecular flexibility index (Phi) is 4.70. The van der Waals surface area contributed by atoms with E-state index in [1.807, 2.05) is 49.4 Å². The normalized spacial score (nSPS) is 12.6. The van der Waals surface area contributed by atoms with Crippen LogP contribution in [-0.4, -0.2) is 29.0 Å². The highest BCUT2D eigenvalue weighted by molar-refractivity contribution is 6.06. The number of anilines is 3. The SMILES string of the molecule is CCOc1ccccc1Nc1cc(C(=O)N2CCc3ccccc32)ncn1. The van der Waals surface area contributed by atoms with Crippen LogP contribution in [0.3, 0.4) is 0 Å². The van der Waals surface area contributed by atoms with Crippen molar-refractivity contribution in [2.75, 3.05) is 23.4 Å². The lowest BCUT2D eigenvalue weighted by atomic mass is 10.2. The Balaban J connectivity index is 1.58. The number of para-hydroxylation sites is 3. The summed E-state index contributed by atoms with van der Waals surface area (Å²) in [4.78, 5) is 23.2. The molecule has 1 N–H and O–H groups in total. The van der Waals surface area contributed by atoms with Crippen LogP contribution >= 0.6 is 0 Å². The molecule has 0 unspecified atom stereocenters. The maximum absolute atomic E-state index is 13.0. The van der Waals surface area contributed by atoms with Crippen LogP contribution in [0.4, 0.5) is 17.2 Å². The third-order valence-corrected chi connectivity index (χ3v) is 4.47. The number of amides is 1. The Bertz CT molecular complexity index is 974. The van der Waals surface area contributed by atoms with Gasteiger partial charge in [0.2, 0.25) is 0 Å². The van der Waals surface area contributed by atoms with E-state index in [1.54, 1.807) is 11.0 Å². The van der Waals surface area contributed by atoms with E-state index in [1.165, 1.54) is 11.9 Å². The summed E-state index contributed by atoms with van der Waals surface area (Å²) >= 11 is 0. The fraction of sp³-hybridized carbons (Fsp3) is 0.190. The van der Waals surface area contributed by atoms with Crippen LogP contribution in [0.2, 0.25) is 0 Å². The van der Waals surface area contributed by atoms with Crippen LogP contribution in [0.25, 0.3) is 0 Å². The van der Waals surface area contributed by atoms with E-state index in [9.17, 15) is 4.79 Å². The van der Waals surface area contributed by atoms with Crippen molar-refractivity contribution in [1.82, 2.24) is 9.97 Å². The van der Waals surface area contributed by atoms with Gasteiger partial charge in [0.05, 0.1) is 12.3 Å². The van der Waals surface area contributed by atoms with Gasteiger partial charge in [-0.25, -0.2) is 9.97 Å². The van der Waals surface area contributed by atoms with Gasteiger partial charge in [-0.05, 0) is 37.1 Å². The Labute approximate surface area is 157 Å². The molecule has 0 radical (unpaired) electrons. The van der Waals surface area contributed by atoms with Crippen molar-refractivity contribution in [3.8, 4) is 5.75 Å². The molecule has 6 nitrogen and oxygen atoms in total. The Morgan fingerprint density at radius 1 is 1.15 bits per heavy atom. The molecule has 0 fully saturated rings. The summed E-state index contributed by atoms with van der Waals surface area (Å²) in [6.07, 6.45) is 2.26. The van der Waals surface area contributed by atoms with Crippen LogP contribution in [0, 0.1) is 0 Å². The highest BCUT2D eigenvalue weighted by Crippen LogP contribution is 2.30. The van der Waals surface area contributed by atoms with Crippen LogP contribution in [0.1, 0.15) is 23.0 Å². The second-order valence-corrected chi connectivity index (χ2v) is 6.18. The van der Waals surface area contributed by atoms with Crippen molar-refractivity contribution in [1.29, 1.82) is 0 Å². The average Bonchev–Trinajstić information content (AvgIpc) is 3.13. The Hall–Kier alpha value is -3.41. The molecule has 3 aromatic rings. The lowest BCUT2D eigenvalue weighted by molar-refractivity contribution is 0.0984. The van der Waals surface area contributed by atoms with Crippen LogP contribution in [-0.2, 0) is 6.42 Å². The predicted molar refractivity (Wildman–Crippen MR) is 105 cm³/mol. The molecule has 0 spiro atoms. The first-order chi connectivity index (χ1) is 13.3. The molecule has 1 aliphatic rings. The van der Waals surface area contributed by atoms with Gasteiger partial charge in [-0.15, -0.1) is 0 Å². The number of carbonyl (C=O) groups excluding carboxylic acids is 1. The van der Waals surface area contributed by atoms with Gasteiger partial charge in [-0.1, -0.05) is 30.3 Å². The van der Waals surface area contributed by atoms with Crippen molar-refractivity contribution < 1.29 is 9.53 Å². The fourth-order valence-corrected chi connectivity index (χ4v) is 3.22. The number of aromatic nitrogens is 2. The maximum Gasteiger partial charge on any atom is 0.277 e. The molecule has 1 aromatic heterocycles. The molecule has 136 valence electrons. The molecule has 27 heavy (non-hydrogen) atoms. The third kappa shape index (κ3) is 3.46. The molecule has 0 saturated heterocycles. The van der Waals surface area contributed by atoms with Crippen molar-refractivity contribution in [3.63, 3.8) is 0 Å². The lowest BCUT2D eigenvalue weighted by Crippen LogP contribution is -2.29. The second kappa shape index (κ2) is 7.45. The fourth-order valence-electron chi connectivity index (χ4n) is 3.22. The predicted octanol–water partition coefficient (Wildman–Crippen LogP) is 3.82. The van der Waals surface area contributed by atoms with Gasteiger partial charge in [0.1, 0.15) is 23.6 Å². The summed E-state index contributed by atoms with van der Waals surface area (Å²) in [7, 11) is 0. The molecule has 0 aliphatic carbocycles. The molecular formula is C21H20N4O2. The van der Waals surface area contributed by atoms with Crippen molar-refractivity contribution in [3.05, 3.63) is 72.2 Å². The van der Waals surface area contributed by atoms with E-state index in [0.717, 1.165) is 23.5 Å². The zero-order valence-electron chi connectivity index (χ0n) is 15.1. The van der Waals surface area contributed by atoms with E-state index in [0.29, 0.717) is 24.7 Å². The number of nitrogens with one attached hydrogen (secondary N) is 1. The van der Waals surface area contributed by atoms with Crippen LogP contribution < -0.4 is 15.0 Å². The average molecular weight is 360 g/mol. The van der Waals surface area contributed by atoms with E-state index in [4.69, 9.17) is 4.74 Å². The number of hydrogen-bond donors (Lipinski definition) is 1. The molecule has 2 aromatic carbocycles. The second-order valence-electron chi connectivity index (χ2n) is 6.18. The quantitative estimate of drug-likeness (QED) is 0.749. The van der Waals surface area contributed by atoms with Crippen LogP contribution in [0.5, 0.6) is 5.75 Å². The number of hydrogen-bond acceptors (Lipinski definition) is 5. The molecule has 2 heterocycles. The minimum atomic E-state index is -0.122. The van der Waals surface area contributed by atoms with Crippen molar-refractivity contribution in [2.24, 2.45) is 0 Å². The number of nitrogens with zero attached hydrogens (tertiary/aromatic N) is 3. The topological polar surface area (TPSA) is 67.3 Å². The van der Waals surface area contributed by atoms with E-state index >= 15 is 0 Å². The number of rotatable bonds is 5. The summed E-state index contributed by atoms with van der Waals surface area (Å²) < 4.78 is 5.63. The summed E-state index contributed by atoms with van der Waals surface area (Å²) in [6, 6.07) is 17.3. The number of carbonyl (C=O) groups is 1. The number of ether oxygens (including phenoxy) is 1. The van der Waals surface area contributed by atoms with Gasteiger partial charge >= 0.3 is 0 Å². The zero-order chi connectivity index (χ0) is 18.6. The molecule has 0 saturated carbocycles. The standard InChI is InChI=1S/C21H20N4O2/c1-2-27-19-10-6-4-8-16(19)24-20-13-17(22-14-23-20)21(26)25-12-11-15-7-3-5-9-18(15)25/h3-10,13-14H,2,11-12H2,1H3,(H,22,23,24). The largest absolute Gasteiger partial charge is 0.492 e. The minimum absolute atomic E-state index is 0.122. The molecule has 1 amide bonds. The molecule has 6 heteroatoms. The lowest BCUT2D eigenvalue weighted by Gasteiger charge is -2.17. The molecular weight excluding hydrogens is 340 g/mol. The highest BCUT2D eigenvalue weighted by atomic mass is 16.5. The van der Waals surface area contributed by atoms with E-state index in [-0.39, 0.29) is 5.91 Å². The Morgan fingerprint density at radius 3 is 2.85 bits per heavy atom. The molecule has 0 bridgehead atoms. The van der Waals surface area contributed by atoms with Crippen molar-refractivity contribution in [2.45, 2.75) is 13.3 Å². The summed E-state index contributed by atoms with van der Waals surface area (Å²) in [5, 5.41) is 3.22. The maximum atomic E-state index is 13.0. The van der Waals surface area contributed by atoms with Gasteiger partial charge in [-0.2, -0.15) is 0 Å². The first-order valence-electron chi connectivity index (χ1n) is 8.97. The first-order valence-corrected chi connectivity index (χ1v) is 8.97. The van der Waals surface area contributed by atoms with Crippen LogP contribution in [0.15, 0.2) is 60.9 Å². The van der Waals surface area contributed by atoms with Gasteiger partial charge in [-0.3, -0.25) is 4.79 Å². The minimum Gasteiger partial charge on any atom is -0.492 e. The first kappa shape index (κ1) is 17.0. The number of benzene rings is 2. The molecule has 0 atom stereocenters. The van der Waals surface area contributed by atoms with Gasteiger partial charge in [0, 0.05) is 18.3 Å². The van der Waals surface area contributed by atoms with Crippen molar-refractivity contribution >= 4 is 23.1 Å². The summed E-state index contributed by atoms with van der Waals surface area (Å²) in [5.41, 5.74) is 3.29. The zero-order valence-corrected chi connectivity index (χ0v) is 15.1. The monoisotopic (exact) mass is 360 g/mol. The van der Waals surface area contributed by atoms with Gasteiger partial charge in [0.25, 0.3) is 5.91 Å². The molecule has 4 rings (SSSR count). The van der Waals surface area contributed by atoms with Gasteiger partial charge < -0.3 is 15.0 Å².